The fourth-order valence-electron chi connectivity index (χ4n) is 1.65. The molecule has 0 radical (unpaired) electrons. The lowest BCUT2D eigenvalue weighted by Gasteiger charge is -1.89. The van der Waals surface area contributed by atoms with Crippen molar-refractivity contribution in [2.24, 2.45) is 0 Å². The SMILES string of the molecule is Cc1nnc(-c2cc3cc([N+](=O)[O-])ccc3o2)o1. The van der Waals surface area contributed by atoms with Crippen LogP contribution in [-0.2, 0) is 0 Å². The van der Waals surface area contributed by atoms with Crippen molar-refractivity contribution in [3.05, 3.63) is 40.3 Å². The molecule has 0 aliphatic rings. The lowest BCUT2D eigenvalue weighted by Crippen LogP contribution is -1.85. The van der Waals surface area contributed by atoms with E-state index in [1.807, 2.05) is 0 Å². The van der Waals surface area contributed by atoms with Crippen molar-refractivity contribution in [3.63, 3.8) is 0 Å². The van der Waals surface area contributed by atoms with E-state index in [-0.39, 0.29) is 11.6 Å². The minimum atomic E-state index is -0.455. The van der Waals surface area contributed by atoms with Crippen LogP contribution in [0.3, 0.4) is 0 Å². The van der Waals surface area contributed by atoms with Gasteiger partial charge in [0.05, 0.1) is 4.92 Å². The summed E-state index contributed by atoms with van der Waals surface area (Å²) in [5, 5.41) is 18.8. The van der Waals surface area contributed by atoms with Gasteiger partial charge < -0.3 is 8.83 Å². The summed E-state index contributed by atoms with van der Waals surface area (Å²) in [5.74, 6) is 1.08. The highest BCUT2D eigenvalue weighted by Gasteiger charge is 2.14. The molecule has 0 atom stereocenters. The zero-order chi connectivity index (χ0) is 12.7. The first-order chi connectivity index (χ1) is 8.63. The van der Waals surface area contributed by atoms with Gasteiger partial charge in [-0.3, -0.25) is 10.1 Å². The molecule has 1 aromatic carbocycles. The number of furan rings is 1. The van der Waals surface area contributed by atoms with Gasteiger partial charge in [-0.25, -0.2) is 0 Å². The molecule has 0 aliphatic heterocycles. The third-order valence-corrected chi connectivity index (χ3v) is 2.45. The first kappa shape index (κ1) is 10.5. The van der Waals surface area contributed by atoms with Crippen LogP contribution >= 0.6 is 0 Å². The molecule has 0 saturated heterocycles. The van der Waals surface area contributed by atoms with Crippen LogP contribution in [0.2, 0.25) is 0 Å². The molecule has 18 heavy (non-hydrogen) atoms. The monoisotopic (exact) mass is 245 g/mol. The number of fused-ring (bicyclic) bond motifs is 1. The Labute approximate surface area is 100 Å². The average molecular weight is 245 g/mol. The zero-order valence-corrected chi connectivity index (χ0v) is 9.28. The molecule has 0 N–H and O–H groups in total. The summed E-state index contributed by atoms with van der Waals surface area (Å²) in [5.41, 5.74) is 0.544. The maximum Gasteiger partial charge on any atom is 0.283 e. The van der Waals surface area contributed by atoms with Crippen LogP contribution in [-0.4, -0.2) is 15.1 Å². The van der Waals surface area contributed by atoms with E-state index in [9.17, 15) is 10.1 Å². The van der Waals surface area contributed by atoms with E-state index in [0.717, 1.165) is 0 Å². The molecular formula is C11H7N3O4. The molecular weight excluding hydrogens is 238 g/mol. The minimum Gasteiger partial charge on any atom is -0.451 e. The van der Waals surface area contributed by atoms with E-state index in [2.05, 4.69) is 10.2 Å². The van der Waals surface area contributed by atoms with Crippen molar-refractivity contribution in [3.8, 4) is 11.7 Å². The third-order valence-electron chi connectivity index (χ3n) is 2.45. The second-order valence-corrected chi connectivity index (χ2v) is 3.72. The predicted octanol–water partition coefficient (Wildman–Crippen LogP) is 2.70. The number of hydrogen-bond acceptors (Lipinski definition) is 6. The number of nitro benzene ring substituents is 1. The van der Waals surface area contributed by atoms with Gasteiger partial charge >= 0.3 is 0 Å². The summed E-state index contributed by atoms with van der Waals surface area (Å²) in [6.45, 7) is 1.67. The van der Waals surface area contributed by atoms with Crippen molar-refractivity contribution in [1.82, 2.24) is 10.2 Å². The Morgan fingerprint density at radius 3 is 2.72 bits per heavy atom. The molecule has 0 saturated carbocycles. The van der Waals surface area contributed by atoms with Crippen molar-refractivity contribution in [2.75, 3.05) is 0 Å². The van der Waals surface area contributed by atoms with Crippen molar-refractivity contribution in [1.29, 1.82) is 0 Å². The molecule has 3 aromatic rings. The molecule has 2 heterocycles. The van der Waals surface area contributed by atoms with Crippen LogP contribution in [0.1, 0.15) is 5.89 Å². The second-order valence-electron chi connectivity index (χ2n) is 3.72. The van der Waals surface area contributed by atoms with Crippen LogP contribution in [0, 0.1) is 17.0 Å². The molecule has 0 fully saturated rings. The summed E-state index contributed by atoms with van der Waals surface area (Å²) >= 11 is 0. The molecule has 0 spiro atoms. The quantitative estimate of drug-likeness (QED) is 0.508. The van der Waals surface area contributed by atoms with Crippen LogP contribution in [0.25, 0.3) is 22.6 Å². The largest absolute Gasteiger partial charge is 0.451 e. The third kappa shape index (κ3) is 1.61. The first-order valence-corrected chi connectivity index (χ1v) is 5.12. The molecule has 0 bridgehead atoms. The van der Waals surface area contributed by atoms with Gasteiger partial charge in [0.25, 0.3) is 11.6 Å². The smallest absolute Gasteiger partial charge is 0.283 e. The molecule has 3 rings (SSSR count). The Morgan fingerprint density at radius 2 is 2.06 bits per heavy atom. The second kappa shape index (κ2) is 3.66. The Kier molecular flexibility index (Phi) is 2.12. The Bertz CT molecular complexity index is 744. The molecule has 90 valence electrons. The minimum absolute atomic E-state index is 0.0107. The first-order valence-electron chi connectivity index (χ1n) is 5.12. The number of non-ortho nitro benzene ring substituents is 1. The zero-order valence-electron chi connectivity index (χ0n) is 9.28. The highest BCUT2D eigenvalue weighted by Crippen LogP contribution is 2.29. The van der Waals surface area contributed by atoms with E-state index < -0.39 is 4.92 Å². The lowest BCUT2D eigenvalue weighted by atomic mass is 10.2. The van der Waals surface area contributed by atoms with Gasteiger partial charge in [-0.05, 0) is 12.1 Å². The highest BCUT2D eigenvalue weighted by atomic mass is 16.6. The summed E-state index contributed by atoms with van der Waals surface area (Å²) in [6, 6.07) is 6.00. The van der Waals surface area contributed by atoms with Crippen molar-refractivity contribution in [2.45, 2.75) is 6.92 Å². The van der Waals surface area contributed by atoms with E-state index in [1.165, 1.54) is 12.1 Å². The van der Waals surface area contributed by atoms with Crippen LogP contribution in [0.4, 0.5) is 5.69 Å². The molecule has 7 heteroatoms. The van der Waals surface area contributed by atoms with Crippen LogP contribution in [0.15, 0.2) is 33.1 Å². The van der Waals surface area contributed by atoms with Crippen molar-refractivity contribution >= 4 is 16.7 Å². The van der Waals surface area contributed by atoms with Crippen LogP contribution < -0.4 is 0 Å². The fraction of sp³-hybridized carbons (Fsp3) is 0.0909. The van der Waals surface area contributed by atoms with Gasteiger partial charge in [0.2, 0.25) is 5.89 Å². The molecule has 7 nitrogen and oxygen atoms in total. The average Bonchev–Trinajstić information content (AvgIpc) is 2.93. The van der Waals surface area contributed by atoms with Gasteiger partial charge in [0, 0.05) is 24.4 Å². The number of hydrogen-bond donors (Lipinski definition) is 0. The number of nitrogens with zero attached hydrogens (tertiary/aromatic N) is 3. The number of nitro groups is 1. The highest BCUT2D eigenvalue weighted by molar-refractivity contribution is 5.83. The Balaban J connectivity index is 2.13. The standard InChI is InChI=1S/C11H7N3O4/c1-6-12-13-11(17-6)10-5-7-4-8(14(15)16)2-3-9(7)18-10/h2-5H,1H3. The Morgan fingerprint density at radius 1 is 1.22 bits per heavy atom. The van der Waals surface area contributed by atoms with E-state index >= 15 is 0 Å². The van der Waals surface area contributed by atoms with Gasteiger partial charge in [-0.15, -0.1) is 10.2 Å². The van der Waals surface area contributed by atoms with E-state index in [0.29, 0.717) is 22.6 Å². The van der Waals surface area contributed by atoms with E-state index in [4.69, 9.17) is 8.83 Å². The lowest BCUT2D eigenvalue weighted by molar-refractivity contribution is -0.384. The summed E-state index contributed by atoms with van der Waals surface area (Å²) in [4.78, 5) is 10.2. The molecule has 2 aromatic heterocycles. The topological polar surface area (TPSA) is 95.2 Å². The Hall–Kier alpha value is -2.70. The van der Waals surface area contributed by atoms with Gasteiger partial charge in [-0.2, -0.15) is 0 Å². The van der Waals surface area contributed by atoms with Crippen molar-refractivity contribution < 1.29 is 13.8 Å². The maximum absolute atomic E-state index is 10.7. The molecule has 0 amide bonds. The van der Waals surface area contributed by atoms with Gasteiger partial charge in [-0.1, -0.05) is 0 Å². The summed E-state index contributed by atoms with van der Waals surface area (Å²) < 4.78 is 10.7. The van der Waals surface area contributed by atoms with E-state index in [1.54, 1.807) is 19.1 Å². The van der Waals surface area contributed by atoms with Crippen LogP contribution in [0.5, 0.6) is 0 Å². The summed E-state index contributed by atoms with van der Waals surface area (Å²) in [7, 11) is 0. The number of aryl methyl sites for hydroxylation is 1. The fourth-order valence-corrected chi connectivity index (χ4v) is 1.65. The number of rotatable bonds is 2. The maximum atomic E-state index is 10.7. The summed E-state index contributed by atoms with van der Waals surface area (Å²) in [6.07, 6.45) is 0. The number of aromatic nitrogens is 2. The molecule has 0 aliphatic carbocycles. The predicted molar refractivity (Wildman–Crippen MR) is 60.9 cm³/mol. The van der Waals surface area contributed by atoms with Gasteiger partial charge in [0.1, 0.15) is 5.58 Å². The molecule has 0 unspecified atom stereocenters. The number of benzene rings is 1. The van der Waals surface area contributed by atoms with Gasteiger partial charge in [0.15, 0.2) is 5.76 Å². The normalized spacial score (nSPS) is 10.9.